The first-order chi connectivity index (χ1) is 9.24. The predicted molar refractivity (Wildman–Crippen MR) is 71.0 cm³/mol. The molecule has 0 amide bonds. The van der Waals surface area contributed by atoms with Gasteiger partial charge in [-0.15, -0.1) is 0 Å². The molecule has 4 heteroatoms. The fourth-order valence-corrected chi connectivity index (χ4v) is 1.70. The number of hydrogen-bond acceptors (Lipinski definition) is 4. The van der Waals surface area contributed by atoms with Gasteiger partial charge in [0.1, 0.15) is 6.10 Å². The van der Waals surface area contributed by atoms with E-state index in [1.54, 1.807) is 31.5 Å². The Balaban J connectivity index is 2.22. The number of pyridine rings is 1. The topological polar surface area (TPSA) is 55.1 Å². The van der Waals surface area contributed by atoms with Crippen molar-refractivity contribution in [2.75, 3.05) is 7.11 Å². The highest BCUT2D eigenvalue weighted by atomic mass is 16.5. The molecule has 0 fully saturated rings. The van der Waals surface area contributed by atoms with Crippen LogP contribution in [0.2, 0.25) is 0 Å². The first kappa shape index (κ1) is 12.9. The van der Waals surface area contributed by atoms with Crippen LogP contribution < -0.4 is 9.47 Å². The van der Waals surface area contributed by atoms with E-state index in [4.69, 9.17) is 14.7 Å². The molecule has 1 aromatic heterocycles. The lowest BCUT2D eigenvalue weighted by molar-refractivity contribution is 0.211. The molecule has 2 aromatic rings. The van der Waals surface area contributed by atoms with Gasteiger partial charge in [-0.05, 0) is 31.2 Å². The summed E-state index contributed by atoms with van der Waals surface area (Å²) in [5.41, 5.74) is 1.38. The van der Waals surface area contributed by atoms with Crippen LogP contribution in [-0.4, -0.2) is 12.1 Å². The van der Waals surface area contributed by atoms with Gasteiger partial charge in [0.2, 0.25) is 0 Å². The Labute approximate surface area is 112 Å². The summed E-state index contributed by atoms with van der Waals surface area (Å²) in [5, 5.41) is 8.85. The Hall–Kier alpha value is -2.54. The minimum Gasteiger partial charge on any atom is -0.493 e. The summed E-state index contributed by atoms with van der Waals surface area (Å²) in [6.45, 7) is 1.92. The van der Waals surface area contributed by atoms with Crippen LogP contribution >= 0.6 is 0 Å². The maximum Gasteiger partial charge on any atom is 0.162 e. The van der Waals surface area contributed by atoms with Crippen LogP contribution in [0.15, 0.2) is 42.6 Å². The van der Waals surface area contributed by atoms with Crippen LogP contribution in [0.4, 0.5) is 0 Å². The van der Waals surface area contributed by atoms with E-state index in [1.165, 1.54) is 0 Å². The summed E-state index contributed by atoms with van der Waals surface area (Å²) >= 11 is 0. The normalized spacial score (nSPS) is 11.4. The first-order valence-electron chi connectivity index (χ1n) is 5.90. The minimum absolute atomic E-state index is 0.192. The number of hydrogen-bond donors (Lipinski definition) is 0. The molecule has 2 rings (SSSR count). The summed E-state index contributed by atoms with van der Waals surface area (Å²) in [7, 11) is 1.55. The Kier molecular flexibility index (Phi) is 3.99. The lowest BCUT2D eigenvalue weighted by Gasteiger charge is -2.16. The second-order valence-corrected chi connectivity index (χ2v) is 3.99. The van der Waals surface area contributed by atoms with Gasteiger partial charge < -0.3 is 9.47 Å². The van der Waals surface area contributed by atoms with Crippen molar-refractivity contribution in [1.29, 1.82) is 5.26 Å². The summed E-state index contributed by atoms with van der Waals surface area (Å²) < 4.78 is 11.1. The van der Waals surface area contributed by atoms with Gasteiger partial charge in [-0.25, -0.2) is 0 Å². The molecule has 4 nitrogen and oxygen atoms in total. The van der Waals surface area contributed by atoms with Crippen molar-refractivity contribution in [3.8, 4) is 17.6 Å². The van der Waals surface area contributed by atoms with E-state index in [0.29, 0.717) is 17.1 Å². The van der Waals surface area contributed by atoms with Gasteiger partial charge in [0, 0.05) is 12.3 Å². The highest BCUT2D eigenvalue weighted by molar-refractivity contribution is 5.46. The van der Waals surface area contributed by atoms with Crippen LogP contribution in [-0.2, 0) is 0 Å². The molecule has 1 heterocycles. The van der Waals surface area contributed by atoms with Crippen LogP contribution in [0, 0.1) is 11.3 Å². The molecule has 1 atom stereocenters. The average molecular weight is 254 g/mol. The standard InChI is InChI=1S/C15H14N2O2/c1-11(13-5-3-4-8-17-13)19-14-7-6-12(10-16)9-15(14)18-2/h3-9,11H,1-2H3. The van der Waals surface area contributed by atoms with Gasteiger partial charge >= 0.3 is 0 Å². The molecule has 0 spiro atoms. The Morgan fingerprint density at radius 2 is 2.05 bits per heavy atom. The van der Waals surface area contributed by atoms with Gasteiger partial charge in [-0.3, -0.25) is 4.98 Å². The maximum atomic E-state index is 8.85. The van der Waals surface area contributed by atoms with Crippen molar-refractivity contribution >= 4 is 0 Å². The second kappa shape index (κ2) is 5.87. The van der Waals surface area contributed by atoms with E-state index in [-0.39, 0.29) is 6.10 Å². The SMILES string of the molecule is COc1cc(C#N)ccc1OC(C)c1ccccn1. The van der Waals surface area contributed by atoms with Crippen molar-refractivity contribution in [2.24, 2.45) is 0 Å². The van der Waals surface area contributed by atoms with E-state index < -0.39 is 0 Å². The summed E-state index contributed by atoms with van der Waals surface area (Å²) in [5.74, 6) is 1.14. The number of nitriles is 1. The molecule has 0 aliphatic carbocycles. The Bertz CT molecular complexity index is 591. The van der Waals surface area contributed by atoms with E-state index in [2.05, 4.69) is 11.1 Å². The molecule has 0 bridgehead atoms. The van der Waals surface area contributed by atoms with Crippen LogP contribution in [0.3, 0.4) is 0 Å². The van der Waals surface area contributed by atoms with Crippen molar-refractivity contribution in [3.05, 3.63) is 53.9 Å². The van der Waals surface area contributed by atoms with Gasteiger partial charge in [-0.2, -0.15) is 5.26 Å². The van der Waals surface area contributed by atoms with E-state index in [1.807, 2.05) is 25.1 Å². The van der Waals surface area contributed by atoms with Gasteiger partial charge in [0.25, 0.3) is 0 Å². The molecular weight excluding hydrogens is 240 g/mol. The fraction of sp³-hybridized carbons (Fsp3) is 0.200. The lowest BCUT2D eigenvalue weighted by Crippen LogP contribution is -2.06. The zero-order valence-corrected chi connectivity index (χ0v) is 10.8. The third kappa shape index (κ3) is 3.02. The highest BCUT2D eigenvalue weighted by Crippen LogP contribution is 2.31. The predicted octanol–water partition coefficient (Wildman–Crippen LogP) is 3.10. The molecule has 0 aliphatic heterocycles. The quantitative estimate of drug-likeness (QED) is 0.841. The molecule has 0 radical (unpaired) electrons. The van der Waals surface area contributed by atoms with Crippen LogP contribution in [0.5, 0.6) is 11.5 Å². The number of ether oxygens (including phenoxy) is 2. The van der Waals surface area contributed by atoms with Crippen molar-refractivity contribution in [1.82, 2.24) is 4.98 Å². The molecule has 0 saturated carbocycles. The van der Waals surface area contributed by atoms with Gasteiger partial charge in [-0.1, -0.05) is 6.07 Å². The number of benzene rings is 1. The van der Waals surface area contributed by atoms with E-state index >= 15 is 0 Å². The molecule has 0 N–H and O–H groups in total. The molecule has 96 valence electrons. The fourth-order valence-electron chi connectivity index (χ4n) is 1.70. The summed E-state index contributed by atoms with van der Waals surface area (Å²) in [6.07, 6.45) is 1.54. The van der Waals surface area contributed by atoms with Crippen LogP contribution in [0.1, 0.15) is 24.3 Å². The molecule has 0 saturated heterocycles. The van der Waals surface area contributed by atoms with Crippen molar-refractivity contribution in [3.63, 3.8) is 0 Å². The second-order valence-electron chi connectivity index (χ2n) is 3.99. The molecular formula is C15H14N2O2. The van der Waals surface area contributed by atoms with Crippen LogP contribution in [0.25, 0.3) is 0 Å². The number of aromatic nitrogens is 1. The Morgan fingerprint density at radius 1 is 1.21 bits per heavy atom. The maximum absolute atomic E-state index is 8.85. The molecule has 19 heavy (non-hydrogen) atoms. The minimum atomic E-state index is -0.192. The highest BCUT2D eigenvalue weighted by Gasteiger charge is 2.12. The molecule has 1 unspecified atom stereocenters. The summed E-state index contributed by atoms with van der Waals surface area (Å²) in [4.78, 5) is 4.25. The first-order valence-corrected chi connectivity index (χ1v) is 5.90. The largest absolute Gasteiger partial charge is 0.493 e. The number of rotatable bonds is 4. The van der Waals surface area contributed by atoms with E-state index in [0.717, 1.165) is 5.69 Å². The van der Waals surface area contributed by atoms with Gasteiger partial charge in [0.15, 0.2) is 11.5 Å². The zero-order chi connectivity index (χ0) is 13.7. The van der Waals surface area contributed by atoms with Crippen molar-refractivity contribution < 1.29 is 9.47 Å². The lowest BCUT2D eigenvalue weighted by atomic mass is 10.2. The summed E-state index contributed by atoms with van der Waals surface area (Å²) in [6, 6.07) is 12.8. The third-order valence-electron chi connectivity index (χ3n) is 2.70. The smallest absolute Gasteiger partial charge is 0.162 e. The van der Waals surface area contributed by atoms with E-state index in [9.17, 15) is 0 Å². The average Bonchev–Trinajstić information content (AvgIpc) is 2.48. The third-order valence-corrected chi connectivity index (χ3v) is 2.70. The zero-order valence-electron chi connectivity index (χ0n) is 10.8. The molecule has 0 aliphatic rings. The van der Waals surface area contributed by atoms with Crippen molar-refractivity contribution in [2.45, 2.75) is 13.0 Å². The molecule has 1 aromatic carbocycles. The Morgan fingerprint density at radius 3 is 2.68 bits per heavy atom. The van der Waals surface area contributed by atoms with Gasteiger partial charge in [0.05, 0.1) is 24.4 Å². The monoisotopic (exact) mass is 254 g/mol. The number of methoxy groups -OCH3 is 1. The number of nitrogens with zero attached hydrogens (tertiary/aromatic N) is 2.